The largest absolute Gasteiger partial charge is 0.312 e. The topological polar surface area (TPSA) is 23.6 Å². The number of anilines is 1. The SMILES string of the molecule is CN(C)CCCCCCCC(=O)N1CCCC(c2ccc(F)cc2)c2ccc(F)cc21. The van der Waals surface area contributed by atoms with Gasteiger partial charge >= 0.3 is 0 Å². The predicted molar refractivity (Wildman–Crippen MR) is 122 cm³/mol. The normalized spacial score (nSPS) is 16.3. The zero-order chi connectivity index (χ0) is 22.2. The molecule has 0 N–H and O–H groups in total. The molecule has 1 atom stereocenters. The van der Waals surface area contributed by atoms with Crippen molar-refractivity contribution in [2.24, 2.45) is 0 Å². The molecule has 1 aliphatic heterocycles. The molecule has 0 radical (unpaired) electrons. The first-order valence-corrected chi connectivity index (χ1v) is 11.5. The van der Waals surface area contributed by atoms with Crippen LogP contribution in [0.4, 0.5) is 14.5 Å². The van der Waals surface area contributed by atoms with Crippen LogP contribution >= 0.6 is 0 Å². The van der Waals surface area contributed by atoms with Gasteiger partial charge in [-0.05, 0) is 81.7 Å². The van der Waals surface area contributed by atoms with Crippen LogP contribution in [-0.2, 0) is 4.79 Å². The predicted octanol–water partition coefficient (Wildman–Crippen LogP) is 6.13. The Balaban J connectivity index is 1.66. The molecule has 3 nitrogen and oxygen atoms in total. The van der Waals surface area contributed by atoms with Gasteiger partial charge in [-0.3, -0.25) is 4.79 Å². The Labute approximate surface area is 185 Å². The highest BCUT2D eigenvalue weighted by Crippen LogP contribution is 2.39. The van der Waals surface area contributed by atoms with Crippen molar-refractivity contribution in [3.63, 3.8) is 0 Å². The average molecular weight is 429 g/mol. The van der Waals surface area contributed by atoms with Crippen LogP contribution in [0, 0.1) is 11.6 Å². The van der Waals surface area contributed by atoms with Crippen LogP contribution in [0.1, 0.15) is 68.4 Å². The highest BCUT2D eigenvalue weighted by molar-refractivity contribution is 5.94. The molecule has 0 saturated carbocycles. The van der Waals surface area contributed by atoms with E-state index in [1.54, 1.807) is 23.1 Å². The Morgan fingerprint density at radius 2 is 1.65 bits per heavy atom. The number of fused-ring (bicyclic) bond motifs is 1. The highest BCUT2D eigenvalue weighted by atomic mass is 19.1. The van der Waals surface area contributed by atoms with E-state index < -0.39 is 0 Å². The molecule has 2 aromatic rings. The Hall–Kier alpha value is -2.27. The molecular weight excluding hydrogens is 394 g/mol. The fraction of sp³-hybridized carbons (Fsp3) is 0.500. The molecule has 0 aliphatic carbocycles. The molecule has 1 aliphatic rings. The molecule has 1 heterocycles. The van der Waals surface area contributed by atoms with E-state index in [1.807, 2.05) is 0 Å². The van der Waals surface area contributed by atoms with E-state index in [4.69, 9.17) is 0 Å². The van der Waals surface area contributed by atoms with Crippen molar-refractivity contribution in [2.45, 2.75) is 57.3 Å². The maximum atomic E-state index is 14.1. The molecule has 1 amide bonds. The number of unbranched alkanes of at least 4 members (excludes halogenated alkanes) is 4. The van der Waals surface area contributed by atoms with Crippen LogP contribution in [0.15, 0.2) is 42.5 Å². The molecule has 1 unspecified atom stereocenters. The molecular formula is C26H34F2N2O. The van der Waals surface area contributed by atoms with Crippen molar-refractivity contribution in [1.29, 1.82) is 0 Å². The van der Waals surface area contributed by atoms with Crippen molar-refractivity contribution in [3.05, 3.63) is 65.2 Å². The zero-order valence-corrected chi connectivity index (χ0v) is 18.7. The summed E-state index contributed by atoms with van der Waals surface area (Å²) in [5, 5.41) is 0. The maximum absolute atomic E-state index is 14.1. The summed E-state index contributed by atoms with van der Waals surface area (Å²) in [5.74, 6) is -0.502. The van der Waals surface area contributed by atoms with Crippen LogP contribution in [-0.4, -0.2) is 38.0 Å². The Kier molecular flexibility index (Phi) is 8.59. The molecule has 0 fully saturated rings. The van der Waals surface area contributed by atoms with Crippen LogP contribution in [0.2, 0.25) is 0 Å². The average Bonchev–Trinajstić information content (AvgIpc) is 2.92. The quantitative estimate of drug-likeness (QED) is 0.449. The van der Waals surface area contributed by atoms with Crippen LogP contribution < -0.4 is 4.90 Å². The summed E-state index contributed by atoms with van der Waals surface area (Å²) in [6.07, 6.45) is 7.58. The Bertz CT molecular complexity index is 851. The maximum Gasteiger partial charge on any atom is 0.226 e. The number of hydrogen-bond donors (Lipinski definition) is 0. The molecule has 0 spiro atoms. The lowest BCUT2D eigenvalue weighted by Crippen LogP contribution is -2.31. The van der Waals surface area contributed by atoms with Gasteiger partial charge in [0.1, 0.15) is 11.6 Å². The van der Waals surface area contributed by atoms with E-state index in [2.05, 4.69) is 19.0 Å². The first-order chi connectivity index (χ1) is 15.0. The number of halogens is 2. The van der Waals surface area contributed by atoms with Gasteiger partial charge in [0.05, 0.1) is 5.69 Å². The van der Waals surface area contributed by atoms with Gasteiger partial charge in [0.15, 0.2) is 0 Å². The molecule has 5 heteroatoms. The molecule has 0 aromatic heterocycles. The van der Waals surface area contributed by atoms with Crippen LogP contribution in [0.5, 0.6) is 0 Å². The third kappa shape index (κ3) is 6.60. The Morgan fingerprint density at radius 1 is 0.968 bits per heavy atom. The lowest BCUT2D eigenvalue weighted by Gasteiger charge is -2.24. The summed E-state index contributed by atoms with van der Waals surface area (Å²) in [5.41, 5.74) is 2.62. The number of benzene rings is 2. The van der Waals surface area contributed by atoms with Gasteiger partial charge < -0.3 is 9.80 Å². The molecule has 31 heavy (non-hydrogen) atoms. The molecule has 2 aromatic carbocycles. The number of carbonyl (C=O) groups excluding carboxylic acids is 1. The third-order valence-corrected chi connectivity index (χ3v) is 6.10. The number of carbonyl (C=O) groups is 1. The highest BCUT2D eigenvalue weighted by Gasteiger charge is 2.27. The first-order valence-electron chi connectivity index (χ1n) is 11.5. The van der Waals surface area contributed by atoms with Gasteiger partial charge in [0.2, 0.25) is 5.91 Å². The minimum atomic E-state index is -0.336. The fourth-order valence-electron chi connectivity index (χ4n) is 4.44. The summed E-state index contributed by atoms with van der Waals surface area (Å²) in [7, 11) is 4.17. The number of nitrogens with zero attached hydrogens (tertiary/aromatic N) is 2. The minimum Gasteiger partial charge on any atom is -0.312 e. The van der Waals surface area contributed by atoms with E-state index in [0.717, 1.165) is 49.8 Å². The van der Waals surface area contributed by atoms with E-state index in [0.29, 0.717) is 18.7 Å². The van der Waals surface area contributed by atoms with Crippen molar-refractivity contribution in [2.75, 3.05) is 32.1 Å². The lowest BCUT2D eigenvalue weighted by molar-refractivity contribution is -0.118. The van der Waals surface area contributed by atoms with Crippen molar-refractivity contribution in [3.8, 4) is 0 Å². The van der Waals surface area contributed by atoms with Crippen LogP contribution in [0.3, 0.4) is 0 Å². The monoisotopic (exact) mass is 428 g/mol. The molecule has 0 bridgehead atoms. The lowest BCUT2D eigenvalue weighted by atomic mass is 9.87. The van der Waals surface area contributed by atoms with E-state index in [-0.39, 0.29) is 23.5 Å². The third-order valence-electron chi connectivity index (χ3n) is 6.10. The number of amides is 1. The van der Waals surface area contributed by atoms with Crippen molar-refractivity contribution < 1.29 is 13.6 Å². The van der Waals surface area contributed by atoms with Gasteiger partial charge in [-0.2, -0.15) is 0 Å². The molecule has 3 rings (SSSR count). The van der Waals surface area contributed by atoms with E-state index in [1.165, 1.54) is 37.1 Å². The fourth-order valence-corrected chi connectivity index (χ4v) is 4.44. The van der Waals surface area contributed by atoms with Gasteiger partial charge in [-0.25, -0.2) is 8.78 Å². The standard InChI is InChI=1S/C26H34F2N2O/c1-29(2)17-7-5-3-4-6-10-26(31)30-18-8-9-23(20-11-13-21(27)14-12-20)24-16-15-22(28)19-25(24)30/h11-16,19,23H,3-10,17-18H2,1-2H3. The summed E-state index contributed by atoms with van der Waals surface area (Å²) in [6, 6.07) is 11.2. The second-order valence-electron chi connectivity index (χ2n) is 8.82. The number of hydrogen-bond acceptors (Lipinski definition) is 2. The smallest absolute Gasteiger partial charge is 0.226 e. The summed E-state index contributed by atoms with van der Waals surface area (Å²) < 4.78 is 27.5. The first kappa shape index (κ1) is 23.4. The van der Waals surface area contributed by atoms with Gasteiger partial charge in [-0.15, -0.1) is 0 Å². The number of rotatable bonds is 9. The zero-order valence-electron chi connectivity index (χ0n) is 18.7. The van der Waals surface area contributed by atoms with E-state index >= 15 is 0 Å². The molecule has 0 saturated heterocycles. The second kappa shape index (κ2) is 11.4. The molecule has 168 valence electrons. The van der Waals surface area contributed by atoms with Gasteiger partial charge in [0, 0.05) is 18.9 Å². The minimum absolute atomic E-state index is 0.0331. The Morgan fingerprint density at radius 3 is 2.39 bits per heavy atom. The van der Waals surface area contributed by atoms with Crippen molar-refractivity contribution in [1.82, 2.24) is 4.90 Å². The van der Waals surface area contributed by atoms with Gasteiger partial charge in [-0.1, -0.05) is 37.5 Å². The van der Waals surface area contributed by atoms with Gasteiger partial charge in [0.25, 0.3) is 0 Å². The van der Waals surface area contributed by atoms with Crippen LogP contribution in [0.25, 0.3) is 0 Å². The summed E-state index contributed by atoms with van der Waals surface area (Å²) in [6.45, 7) is 1.69. The van der Waals surface area contributed by atoms with Crippen molar-refractivity contribution >= 4 is 11.6 Å². The summed E-state index contributed by atoms with van der Waals surface area (Å²) in [4.78, 5) is 17.0. The second-order valence-corrected chi connectivity index (χ2v) is 8.82. The summed E-state index contributed by atoms with van der Waals surface area (Å²) >= 11 is 0. The van der Waals surface area contributed by atoms with E-state index in [9.17, 15) is 13.6 Å².